The predicted molar refractivity (Wildman–Crippen MR) is 85.1 cm³/mol. The van der Waals surface area contributed by atoms with Gasteiger partial charge < -0.3 is 5.32 Å². The maximum Gasteiger partial charge on any atom is 0.240 e. The van der Waals surface area contributed by atoms with E-state index in [0.29, 0.717) is 19.4 Å². The van der Waals surface area contributed by atoms with Gasteiger partial charge in [0.25, 0.3) is 0 Å². The molecule has 1 aliphatic heterocycles. The van der Waals surface area contributed by atoms with Crippen molar-refractivity contribution in [2.45, 2.75) is 26.3 Å². The molecule has 0 unspecified atom stereocenters. The first kappa shape index (κ1) is 15.5. The van der Waals surface area contributed by atoms with Gasteiger partial charge in [-0.2, -0.15) is 0 Å². The molecule has 1 aliphatic carbocycles. The van der Waals surface area contributed by atoms with Crippen LogP contribution in [0, 0.1) is 18.8 Å². The minimum absolute atomic E-state index is 0.184. The zero-order valence-electron chi connectivity index (χ0n) is 13.1. The van der Waals surface area contributed by atoms with Gasteiger partial charge in [0.2, 0.25) is 17.7 Å². The van der Waals surface area contributed by atoms with Gasteiger partial charge in [0, 0.05) is 6.54 Å². The molecule has 2 atom stereocenters. The van der Waals surface area contributed by atoms with Gasteiger partial charge in [0.1, 0.15) is 6.54 Å². The third-order valence-electron chi connectivity index (χ3n) is 4.51. The number of rotatable bonds is 4. The van der Waals surface area contributed by atoms with E-state index in [4.69, 9.17) is 0 Å². The van der Waals surface area contributed by atoms with Crippen molar-refractivity contribution in [3.05, 3.63) is 47.5 Å². The average molecular weight is 312 g/mol. The molecule has 3 amide bonds. The van der Waals surface area contributed by atoms with Gasteiger partial charge in [-0.15, -0.1) is 0 Å². The van der Waals surface area contributed by atoms with Crippen LogP contribution < -0.4 is 5.32 Å². The first-order valence-electron chi connectivity index (χ1n) is 7.88. The number of allylic oxidation sites excluding steroid dienone is 2. The first-order chi connectivity index (χ1) is 11.1. The van der Waals surface area contributed by atoms with Crippen molar-refractivity contribution < 1.29 is 14.4 Å². The lowest BCUT2D eigenvalue weighted by Crippen LogP contribution is -2.40. The number of likely N-dealkylation sites (tertiary alicyclic amines) is 1. The summed E-state index contributed by atoms with van der Waals surface area (Å²) in [5.74, 6) is -1.29. The number of amides is 3. The Hall–Kier alpha value is -2.43. The Morgan fingerprint density at radius 2 is 1.65 bits per heavy atom. The van der Waals surface area contributed by atoms with Crippen LogP contribution in [-0.4, -0.2) is 29.2 Å². The summed E-state index contributed by atoms with van der Waals surface area (Å²) in [4.78, 5) is 37.8. The second kappa shape index (κ2) is 6.36. The van der Waals surface area contributed by atoms with Crippen LogP contribution in [0.25, 0.3) is 0 Å². The zero-order chi connectivity index (χ0) is 16.4. The van der Waals surface area contributed by atoms with Gasteiger partial charge >= 0.3 is 0 Å². The molecule has 0 aromatic heterocycles. The van der Waals surface area contributed by atoms with Crippen molar-refractivity contribution in [2.75, 3.05) is 6.54 Å². The summed E-state index contributed by atoms with van der Waals surface area (Å²) in [5, 5.41) is 2.77. The number of benzene rings is 1. The third-order valence-corrected chi connectivity index (χ3v) is 4.51. The fourth-order valence-corrected chi connectivity index (χ4v) is 3.13. The minimum atomic E-state index is -0.307. The normalized spacial score (nSPS) is 23.1. The quantitative estimate of drug-likeness (QED) is 0.678. The van der Waals surface area contributed by atoms with Crippen LogP contribution in [0.4, 0.5) is 0 Å². The molecule has 1 saturated heterocycles. The van der Waals surface area contributed by atoms with Crippen molar-refractivity contribution in [3.63, 3.8) is 0 Å². The zero-order valence-corrected chi connectivity index (χ0v) is 13.1. The van der Waals surface area contributed by atoms with Crippen LogP contribution in [0.3, 0.4) is 0 Å². The van der Waals surface area contributed by atoms with E-state index in [0.717, 1.165) is 16.0 Å². The highest BCUT2D eigenvalue weighted by Gasteiger charge is 2.47. The number of imide groups is 1. The Morgan fingerprint density at radius 3 is 2.22 bits per heavy atom. The molecule has 0 spiro atoms. The van der Waals surface area contributed by atoms with Crippen LogP contribution in [0.5, 0.6) is 0 Å². The standard InChI is InChI=1S/C18H20N2O3/c1-12-6-8-13(9-7-12)10-19-16(21)11-20-17(22)14-4-2-3-5-15(14)18(20)23/h2-3,6-9,14-15H,4-5,10-11H2,1H3,(H,19,21)/t14-,15+. The number of aryl methyl sites for hydroxylation is 1. The lowest BCUT2D eigenvalue weighted by Gasteiger charge is -2.14. The van der Waals surface area contributed by atoms with E-state index < -0.39 is 0 Å². The average Bonchev–Trinajstić information content (AvgIpc) is 2.80. The fourth-order valence-electron chi connectivity index (χ4n) is 3.13. The Morgan fingerprint density at radius 1 is 1.09 bits per heavy atom. The second-order valence-electron chi connectivity index (χ2n) is 6.18. The van der Waals surface area contributed by atoms with E-state index in [2.05, 4.69) is 5.32 Å². The summed E-state index contributed by atoms with van der Waals surface area (Å²) < 4.78 is 0. The van der Waals surface area contributed by atoms with Crippen molar-refractivity contribution in [1.29, 1.82) is 0 Å². The van der Waals surface area contributed by atoms with E-state index in [1.54, 1.807) is 0 Å². The molecule has 0 radical (unpaired) electrons. The summed E-state index contributed by atoms with van der Waals surface area (Å²) in [6.07, 6.45) is 5.06. The molecule has 23 heavy (non-hydrogen) atoms. The van der Waals surface area contributed by atoms with E-state index in [9.17, 15) is 14.4 Å². The fraction of sp³-hybridized carbons (Fsp3) is 0.389. The van der Waals surface area contributed by atoms with E-state index in [1.807, 2.05) is 43.3 Å². The molecule has 120 valence electrons. The van der Waals surface area contributed by atoms with Crippen LogP contribution in [0.15, 0.2) is 36.4 Å². The lowest BCUT2D eigenvalue weighted by molar-refractivity contribution is -0.143. The number of nitrogens with zero attached hydrogens (tertiary/aromatic N) is 1. The number of nitrogens with one attached hydrogen (secondary N) is 1. The van der Waals surface area contributed by atoms with E-state index in [-0.39, 0.29) is 36.1 Å². The van der Waals surface area contributed by atoms with Gasteiger partial charge in [-0.1, -0.05) is 42.0 Å². The Balaban J connectivity index is 1.56. The monoisotopic (exact) mass is 312 g/mol. The molecule has 2 aliphatic rings. The van der Waals surface area contributed by atoms with Gasteiger partial charge in [-0.25, -0.2) is 0 Å². The number of hydrogen-bond donors (Lipinski definition) is 1. The Bertz CT molecular complexity index is 637. The largest absolute Gasteiger partial charge is 0.350 e. The van der Waals surface area contributed by atoms with Crippen LogP contribution in [0.2, 0.25) is 0 Å². The SMILES string of the molecule is Cc1ccc(CNC(=O)CN2C(=O)[C@H]3CC=CC[C@H]3C2=O)cc1. The second-order valence-corrected chi connectivity index (χ2v) is 6.18. The molecule has 0 bridgehead atoms. The molecule has 5 heteroatoms. The molecule has 1 heterocycles. The third kappa shape index (κ3) is 3.18. The summed E-state index contributed by atoms with van der Waals surface area (Å²) in [5.41, 5.74) is 2.14. The summed E-state index contributed by atoms with van der Waals surface area (Å²) in [6.45, 7) is 2.21. The Labute approximate surface area is 135 Å². The number of carbonyl (C=O) groups excluding carboxylic acids is 3. The molecule has 1 aromatic carbocycles. The summed E-state index contributed by atoms with van der Waals surface area (Å²) >= 11 is 0. The maximum atomic E-state index is 12.3. The summed E-state index contributed by atoms with van der Waals surface area (Å²) in [6, 6.07) is 7.85. The smallest absolute Gasteiger partial charge is 0.240 e. The lowest BCUT2D eigenvalue weighted by atomic mass is 9.85. The number of hydrogen-bond acceptors (Lipinski definition) is 3. The Kier molecular flexibility index (Phi) is 4.28. The van der Waals surface area contributed by atoms with Crippen LogP contribution in [-0.2, 0) is 20.9 Å². The van der Waals surface area contributed by atoms with Crippen molar-refractivity contribution >= 4 is 17.7 Å². The summed E-state index contributed by atoms with van der Waals surface area (Å²) in [7, 11) is 0. The van der Waals surface area contributed by atoms with Crippen molar-refractivity contribution in [2.24, 2.45) is 11.8 Å². The molecule has 1 N–H and O–H groups in total. The minimum Gasteiger partial charge on any atom is -0.350 e. The van der Waals surface area contributed by atoms with Crippen LogP contribution >= 0.6 is 0 Å². The van der Waals surface area contributed by atoms with Gasteiger partial charge in [0.15, 0.2) is 0 Å². The van der Waals surface area contributed by atoms with Gasteiger partial charge in [0.05, 0.1) is 11.8 Å². The molecule has 0 saturated carbocycles. The molecular formula is C18H20N2O3. The molecule has 1 aromatic rings. The number of fused-ring (bicyclic) bond motifs is 1. The molecule has 5 nitrogen and oxygen atoms in total. The first-order valence-corrected chi connectivity index (χ1v) is 7.88. The molecule has 3 rings (SSSR count). The van der Waals surface area contributed by atoms with Crippen LogP contribution in [0.1, 0.15) is 24.0 Å². The number of carbonyl (C=O) groups is 3. The topological polar surface area (TPSA) is 66.5 Å². The van der Waals surface area contributed by atoms with E-state index >= 15 is 0 Å². The van der Waals surface area contributed by atoms with E-state index in [1.165, 1.54) is 0 Å². The van der Waals surface area contributed by atoms with Gasteiger partial charge in [-0.05, 0) is 25.3 Å². The molecular weight excluding hydrogens is 292 g/mol. The van der Waals surface area contributed by atoms with Crippen molar-refractivity contribution in [1.82, 2.24) is 10.2 Å². The highest BCUT2D eigenvalue weighted by atomic mass is 16.2. The van der Waals surface area contributed by atoms with Gasteiger partial charge in [-0.3, -0.25) is 19.3 Å². The maximum absolute atomic E-state index is 12.3. The molecule has 1 fully saturated rings. The highest BCUT2D eigenvalue weighted by molar-refractivity contribution is 6.07. The predicted octanol–water partition coefficient (Wildman–Crippen LogP) is 1.56. The van der Waals surface area contributed by atoms with Crippen molar-refractivity contribution in [3.8, 4) is 0 Å². The highest BCUT2D eigenvalue weighted by Crippen LogP contribution is 2.34.